The molecule has 0 N–H and O–H groups in total. The van der Waals surface area contributed by atoms with Gasteiger partial charge in [-0.15, -0.1) is 0 Å². The highest BCUT2D eigenvalue weighted by Gasteiger charge is 2.48. The molecule has 144 valence electrons. The van der Waals surface area contributed by atoms with Crippen LogP contribution in [0.2, 0.25) is 0 Å². The van der Waals surface area contributed by atoms with E-state index >= 15 is 0 Å². The molecule has 0 saturated heterocycles. The van der Waals surface area contributed by atoms with E-state index in [0.29, 0.717) is 12.2 Å². The van der Waals surface area contributed by atoms with Crippen LogP contribution in [0.1, 0.15) is 29.0 Å². The van der Waals surface area contributed by atoms with Gasteiger partial charge in [-0.05, 0) is 47.7 Å². The number of nitrogens with zero attached hydrogens (tertiary/aromatic N) is 3. The normalized spacial score (nSPS) is 18.7. The van der Waals surface area contributed by atoms with Crippen LogP contribution in [0.3, 0.4) is 0 Å². The maximum Gasteiger partial charge on any atom is 0.416 e. The van der Waals surface area contributed by atoms with E-state index in [1.54, 1.807) is 47.5 Å². The predicted octanol–water partition coefficient (Wildman–Crippen LogP) is 4.13. The van der Waals surface area contributed by atoms with Gasteiger partial charge in [0.05, 0.1) is 11.5 Å². The Morgan fingerprint density at radius 3 is 2.75 bits per heavy atom. The molecule has 1 aromatic carbocycles. The van der Waals surface area contributed by atoms with Crippen molar-refractivity contribution in [2.75, 3.05) is 0 Å². The van der Waals surface area contributed by atoms with E-state index in [1.165, 1.54) is 12.1 Å². The van der Waals surface area contributed by atoms with E-state index in [-0.39, 0.29) is 12.2 Å². The van der Waals surface area contributed by atoms with Crippen molar-refractivity contribution in [3.63, 3.8) is 0 Å². The third-order valence-corrected chi connectivity index (χ3v) is 4.69. The lowest BCUT2D eigenvalue weighted by atomic mass is 10.0. The van der Waals surface area contributed by atoms with Crippen LogP contribution in [0.25, 0.3) is 5.82 Å². The van der Waals surface area contributed by atoms with Crippen molar-refractivity contribution in [3.05, 3.63) is 77.7 Å². The minimum atomic E-state index is -4.44. The molecule has 0 bridgehead atoms. The summed E-state index contributed by atoms with van der Waals surface area (Å²) in [7, 11) is 0. The molecule has 0 radical (unpaired) electrons. The summed E-state index contributed by atoms with van der Waals surface area (Å²) in [6, 6.07) is 10.6. The molecule has 0 spiro atoms. The van der Waals surface area contributed by atoms with Crippen LogP contribution < -0.4 is 0 Å². The van der Waals surface area contributed by atoms with Crippen LogP contribution in [-0.2, 0) is 22.3 Å². The third kappa shape index (κ3) is 3.76. The van der Waals surface area contributed by atoms with Crippen molar-refractivity contribution < 1.29 is 22.7 Å². The van der Waals surface area contributed by atoms with Crippen molar-refractivity contribution in [2.24, 2.45) is 5.92 Å². The Labute approximate surface area is 158 Å². The van der Waals surface area contributed by atoms with Crippen LogP contribution in [0.5, 0.6) is 0 Å². The summed E-state index contributed by atoms with van der Waals surface area (Å²) >= 11 is 0. The highest BCUT2D eigenvalue weighted by atomic mass is 19.4. The average Bonchev–Trinajstić information content (AvgIpc) is 3.30. The zero-order valence-electron chi connectivity index (χ0n) is 14.6. The molecule has 1 fully saturated rings. The number of ether oxygens (including phenoxy) is 1. The summed E-state index contributed by atoms with van der Waals surface area (Å²) in [6.45, 7) is 0.0275. The Balaban J connectivity index is 1.40. The van der Waals surface area contributed by atoms with Gasteiger partial charge in [0.25, 0.3) is 0 Å². The molecule has 1 saturated carbocycles. The fourth-order valence-electron chi connectivity index (χ4n) is 3.22. The lowest BCUT2D eigenvalue weighted by Crippen LogP contribution is -2.11. The maximum absolute atomic E-state index is 13.2. The van der Waals surface area contributed by atoms with Gasteiger partial charge in [0, 0.05) is 18.6 Å². The van der Waals surface area contributed by atoms with E-state index in [2.05, 4.69) is 10.1 Å². The number of rotatable bonds is 5. The monoisotopic (exact) mass is 387 g/mol. The van der Waals surface area contributed by atoms with Crippen molar-refractivity contribution >= 4 is 5.97 Å². The topological polar surface area (TPSA) is 57.0 Å². The number of pyridine rings is 1. The first-order chi connectivity index (χ1) is 13.4. The summed E-state index contributed by atoms with van der Waals surface area (Å²) in [6.07, 6.45) is 0.874. The molecule has 4 rings (SSSR count). The molecule has 0 unspecified atom stereocenters. The highest BCUT2D eigenvalue weighted by molar-refractivity contribution is 5.77. The van der Waals surface area contributed by atoms with E-state index in [0.717, 1.165) is 11.6 Å². The number of carbonyl (C=O) groups excluding carboxylic acids is 1. The number of carbonyl (C=O) groups is 1. The molecule has 1 aliphatic carbocycles. The fraction of sp³-hybridized carbons (Fsp3) is 0.250. The van der Waals surface area contributed by atoms with Gasteiger partial charge in [0.2, 0.25) is 0 Å². The number of alkyl halides is 3. The molecular formula is C20H16F3N3O2. The molecule has 28 heavy (non-hydrogen) atoms. The molecule has 0 amide bonds. The van der Waals surface area contributed by atoms with Crippen LogP contribution in [-0.4, -0.2) is 20.7 Å². The second-order valence-corrected chi connectivity index (χ2v) is 6.61. The van der Waals surface area contributed by atoms with Crippen LogP contribution >= 0.6 is 0 Å². The molecule has 0 aliphatic heterocycles. The Morgan fingerprint density at radius 1 is 1.18 bits per heavy atom. The average molecular weight is 387 g/mol. The first-order valence-corrected chi connectivity index (χ1v) is 8.71. The van der Waals surface area contributed by atoms with Gasteiger partial charge in [-0.2, -0.15) is 18.3 Å². The lowest BCUT2D eigenvalue weighted by Gasteiger charge is -2.12. The SMILES string of the molecule is O=C(OCc1ccnc(-n2cccn2)c1)[C@@H]1C[C@H]1c1ccccc1C(F)(F)F. The van der Waals surface area contributed by atoms with Gasteiger partial charge < -0.3 is 4.74 Å². The van der Waals surface area contributed by atoms with Crippen molar-refractivity contribution in [2.45, 2.75) is 25.1 Å². The highest BCUT2D eigenvalue weighted by Crippen LogP contribution is 2.51. The second kappa shape index (κ2) is 7.10. The molecular weight excluding hydrogens is 371 g/mol. The first kappa shape index (κ1) is 18.2. The van der Waals surface area contributed by atoms with Gasteiger partial charge in [-0.3, -0.25) is 4.79 Å². The van der Waals surface area contributed by atoms with E-state index in [9.17, 15) is 18.0 Å². The summed E-state index contributed by atoms with van der Waals surface area (Å²) < 4.78 is 46.4. The third-order valence-electron chi connectivity index (χ3n) is 4.69. The summed E-state index contributed by atoms with van der Waals surface area (Å²) in [5, 5.41) is 4.09. The number of benzene rings is 1. The fourth-order valence-corrected chi connectivity index (χ4v) is 3.22. The maximum atomic E-state index is 13.2. The van der Waals surface area contributed by atoms with E-state index in [1.807, 2.05) is 0 Å². The smallest absolute Gasteiger partial charge is 0.416 e. The van der Waals surface area contributed by atoms with Crippen LogP contribution in [0, 0.1) is 5.92 Å². The lowest BCUT2D eigenvalue weighted by molar-refractivity contribution is -0.147. The van der Waals surface area contributed by atoms with E-state index in [4.69, 9.17) is 4.74 Å². The van der Waals surface area contributed by atoms with Crippen LogP contribution in [0.4, 0.5) is 13.2 Å². The van der Waals surface area contributed by atoms with Crippen molar-refractivity contribution in [3.8, 4) is 5.82 Å². The van der Waals surface area contributed by atoms with Crippen LogP contribution in [0.15, 0.2) is 61.1 Å². The predicted molar refractivity (Wildman–Crippen MR) is 93.4 cm³/mol. The second-order valence-electron chi connectivity index (χ2n) is 6.61. The van der Waals surface area contributed by atoms with E-state index < -0.39 is 29.5 Å². The van der Waals surface area contributed by atoms with Crippen molar-refractivity contribution in [1.82, 2.24) is 14.8 Å². The standard InChI is InChI=1S/C20H16F3N3O2/c21-20(22,23)17-5-2-1-4-14(17)15-11-16(15)19(27)28-12-13-6-8-24-18(10-13)26-9-3-7-25-26/h1-10,15-16H,11-12H2/t15-,16+/m0/s1. The summed E-state index contributed by atoms with van der Waals surface area (Å²) in [5.41, 5.74) is 0.192. The molecule has 2 atom stereocenters. The molecule has 8 heteroatoms. The van der Waals surface area contributed by atoms with Gasteiger partial charge in [0.15, 0.2) is 5.82 Å². The Kier molecular flexibility index (Phi) is 4.62. The Hall–Kier alpha value is -3.16. The Bertz CT molecular complexity index is 986. The Morgan fingerprint density at radius 2 is 2.00 bits per heavy atom. The van der Waals surface area contributed by atoms with Gasteiger partial charge in [-0.25, -0.2) is 9.67 Å². The zero-order chi connectivity index (χ0) is 19.7. The molecule has 3 aromatic rings. The van der Waals surface area contributed by atoms with Gasteiger partial charge in [0.1, 0.15) is 6.61 Å². The number of hydrogen-bond donors (Lipinski definition) is 0. The minimum absolute atomic E-state index is 0.0275. The molecule has 2 heterocycles. The number of aromatic nitrogens is 3. The summed E-state index contributed by atoms with van der Waals surface area (Å²) in [4.78, 5) is 16.5. The minimum Gasteiger partial charge on any atom is -0.461 e. The molecule has 5 nitrogen and oxygen atoms in total. The zero-order valence-corrected chi connectivity index (χ0v) is 14.6. The largest absolute Gasteiger partial charge is 0.461 e. The van der Waals surface area contributed by atoms with Gasteiger partial charge in [-0.1, -0.05) is 18.2 Å². The number of halogens is 3. The van der Waals surface area contributed by atoms with Crippen molar-refractivity contribution in [1.29, 1.82) is 0 Å². The first-order valence-electron chi connectivity index (χ1n) is 8.71. The number of hydrogen-bond acceptors (Lipinski definition) is 4. The number of esters is 1. The molecule has 1 aliphatic rings. The molecule has 2 aromatic heterocycles. The quantitative estimate of drug-likeness (QED) is 0.618. The van der Waals surface area contributed by atoms with Gasteiger partial charge >= 0.3 is 12.1 Å². The summed E-state index contributed by atoms with van der Waals surface area (Å²) in [5.74, 6) is -0.903.